The molecule has 3 aromatic rings. The molecule has 0 saturated heterocycles. The second kappa shape index (κ2) is 4.54. The Morgan fingerprint density at radius 2 is 2.11 bits per heavy atom. The number of fused-ring (bicyclic) bond motifs is 1. The lowest BCUT2D eigenvalue weighted by molar-refractivity contribution is 0.603. The van der Waals surface area contributed by atoms with E-state index in [4.69, 9.17) is 0 Å². The van der Waals surface area contributed by atoms with Crippen LogP contribution in [0.2, 0.25) is 0 Å². The minimum Gasteiger partial charge on any atom is -0.261 e. The smallest absolute Gasteiger partial charge is 0.261 e. The van der Waals surface area contributed by atoms with Crippen LogP contribution in [0.3, 0.4) is 0 Å². The fraction of sp³-hybridized carbons (Fsp3) is 0. The standard InChI is InChI=1S/C9H6BrN5O2S2/c10-6-1-4-9(18-6)19(16,17)14-7-2-3-8-12-11-5-15(8)13-7/h1-5H,(H,13,14). The van der Waals surface area contributed by atoms with E-state index in [-0.39, 0.29) is 10.0 Å². The predicted octanol–water partition coefficient (Wildman–Crippen LogP) is 1.75. The minimum atomic E-state index is -3.62. The number of hydrogen-bond acceptors (Lipinski definition) is 6. The number of aromatic nitrogens is 4. The normalized spacial score (nSPS) is 11.8. The Hall–Kier alpha value is -1.52. The highest BCUT2D eigenvalue weighted by molar-refractivity contribution is 9.11. The minimum absolute atomic E-state index is 0.205. The van der Waals surface area contributed by atoms with Crippen molar-refractivity contribution in [1.82, 2.24) is 19.8 Å². The molecule has 3 heterocycles. The van der Waals surface area contributed by atoms with Crippen molar-refractivity contribution in [3.63, 3.8) is 0 Å². The highest BCUT2D eigenvalue weighted by atomic mass is 79.9. The zero-order valence-corrected chi connectivity index (χ0v) is 12.4. The van der Waals surface area contributed by atoms with Crippen molar-refractivity contribution in [2.45, 2.75) is 4.21 Å². The Morgan fingerprint density at radius 3 is 2.84 bits per heavy atom. The Morgan fingerprint density at radius 1 is 1.26 bits per heavy atom. The van der Waals surface area contributed by atoms with E-state index in [1.54, 1.807) is 12.1 Å². The maximum Gasteiger partial charge on any atom is 0.272 e. The first-order valence-electron chi connectivity index (χ1n) is 5.00. The molecular weight excluding hydrogens is 354 g/mol. The molecule has 0 fully saturated rings. The van der Waals surface area contributed by atoms with Gasteiger partial charge in [0.25, 0.3) is 10.0 Å². The molecule has 0 unspecified atom stereocenters. The van der Waals surface area contributed by atoms with Crippen molar-refractivity contribution in [2.24, 2.45) is 0 Å². The topological polar surface area (TPSA) is 89.2 Å². The van der Waals surface area contributed by atoms with Gasteiger partial charge in [-0.2, -0.15) is 4.52 Å². The van der Waals surface area contributed by atoms with E-state index < -0.39 is 10.0 Å². The van der Waals surface area contributed by atoms with Crippen LogP contribution < -0.4 is 4.72 Å². The van der Waals surface area contributed by atoms with E-state index >= 15 is 0 Å². The summed E-state index contributed by atoms with van der Waals surface area (Å²) in [4.78, 5) is 0. The van der Waals surface area contributed by atoms with Gasteiger partial charge in [-0.15, -0.1) is 26.6 Å². The number of nitrogens with zero attached hydrogens (tertiary/aromatic N) is 4. The van der Waals surface area contributed by atoms with Gasteiger partial charge in [0.15, 0.2) is 11.5 Å². The molecule has 10 heteroatoms. The third-order valence-electron chi connectivity index (χ3n) is 2.21. The highest BCUT2D eigenvalue weighted by Gasteiger charge is 2.17. The summed E-state index contributed by atoms with van der Waals surface area (Å²) in [7, 11) is -3.62. The van der Waals surface area contributed by atoms with Crippen molar-refractivity contribution >= 4 is 48.8 Å². The van der Waals surface area contributed by atoms with Gasteiger partial charge in [0.05, 0.1) is 3.79 Å². The number of thiophene rings is 1. The van der Waals surface area contributed by atoms with E-state index in [9.17, 15) is 8.42 Å². The number of sulfonamides is 1. The van der Waals surface area contributed by atoms with E-state index in [2.05, 4.69) is 35.9 Å². The molecule has 3 aromatic heterocycles. The van der Waals surface area contributed by atoms with Gasteiger partial charge in [-0.25, -0.2) is 8.42 Å². The van der Waals surface area contributed by atoms with Crippen LogP contribution >= 0.6 is 27.3 Å². The zero-order valence-electron chi connectivity index (χ0n) is 9.19. The Kier molecular flexibility index (Phi) is 2.99. The van der Waals surface area contributed by atoms with Crippen LogP contribution in [-0.2, 0) is 10.0 Å². The molecule has 98 valence electrons. The molecule has 19 heavy (non-hydrogen) atoms. The van der Waals surface area contributed by atoms with Gasteiger partial charge < -0.3 is 0 Å². The maximum absolute atomic E-state index is 12.1. The van der Waals surface area contributed by atoms with Crippen molar-refractivity contribution < 1.29 is 8.42 Å². The maximum atomic E-state index is 12.1. The summed E-state index contributed by atoms with van der Waals surface area (Å²) in [5.74, 6) is 0.205. The van der Waals surface area contributed by atoms with Crippen molar-refractivity contribution in [2.75, 3.05) is 4.72 Å². The Bertz CT molecular complexity index is 841. The van der Waals surface area contributed by atoms with E-state index in [0.29, 0.717) is 5.65 Å². The fourth-order valence-electron chi connectivity index (χ4n) is 1.41. The second-order valence-electron chi connectivity index (χ2n) is 3.52. The molecular formula is C9H6BrN5O2S2. The van der Waals surface area contributed by atoms with Crippen LogP contribution in [0.4, 0.5) is 5.82 Å². The molecule has 0 radical (unpaired) electrons. The lowest BCUT2D eigenvalue weighted by Crippen LogP contribution is -2.13. The van der Waals surface area contributed by atoms with Gasteiger partial charge in [0.2, 0.25) is 0 Å². The summed E-state index contributed by atoms with van der Waals surface area (Å²) in [5.41, 5.74) is 0.543. The summed E-state index contributed by atoms with van der Waals surface area (Å²) in [6.07, 6.45) is 1.40. The van der Waals surface area contributed by atoms with Crippen LogP contribution in [0.1, 0.15) is 0 Å². The number of halogens is 1. The van der Waals surface area contributed by atoms with E-state index in [1.165, 1.54) is 23.0 Å². The van der Waals surface area contributed by atoms with Crippen LogP contribution in [0.15, 0.2) is 38.6 Å². The predicted molar refractivity (Wildman–Crippen MR) is 73.6 cm³/mol. The monoisotopic (exact) mass is 359 g/mol. The molecule has 0 saturated carbocycles. The van der Waals surface area contributed by atoms with Crippen molar-refractivity contribution in [3.8, 4) is 0 Å². The lowest BCUT2D eigenvalue weighted by atomic mass is 10.5. The molecule has 3 rings (SSSR count). The summed E-state index contributed by atoms with van der Waals surface area (Å²) in [6.45, 7) is 0. The molecule has 0 spiro atoms. The first-order valence-corrected chi connectivity index (χ1v) is 8.09. The van der Waals surface area contributed by atoms with E-state index in [1.807, 2.05) is 0 Å². The summed E-state index contributed by atoms with van der Waals surface area (Å²) in [5, 5.41) is 11.5. The van der Waals surface area contributed by atoms with Crippen molar-refractivity contribution in [3.05, 3.63) is 34.4 Å². The number of anilines is 1. The van der Waals surface area contributed by atoms with Crippen LogP contribution in [-0.4, -0.2) is 28.2 Å². The third-order valence-corrected chi connectivity index (χ3v) is 5.68. The molecule has 0 atom stereocenters. The summed E-state index contributed by atoms with van der Waals surface area (Å²) < 4.78 is 28.9. The molecule has 7 nitrogen and oxygen atoms in total. The lowest BCUT2D eigenvalue weighted by Gasteiger charge is -2.04. The van der Waals surface area contributed by atoms with Gasteiger partial charge in [0.1, 0.15) is 10.5 Å². The van der Waals surface area contributed by atoms with Crippen LogP contribution in [0, 0.1) is 0 Å². The van der Waals surface area contributed by atoms with Gasteiger partial charge >= 0.3 is 0 Å². The number of nitrogens with one attached hydrogen (secondary N) is 1. The molecule has 1 N–H and O–H groups in total. The summed E-state index contributed by atoms with van der Waals surface area (Å²) in [6, 6.07) is 6.36. The summed E-state index contributed by atoms with van der Waals surface area (Å²) >= 11 is 4.35. The van der Waals surface area contributed by atoms with E-state index in [0.717, 1.165) is 15.1 Å². The van der Waals surface area contributed by atoms with Crippen LogP contribution in [0.5, 0.6) is 0 Å². The average molecular weight is 360 g/mol. The quantitative estimate of drug-likeness (QED) is 0.769. The first kappa shape index (κ1) is 12.5. The van der Waals surface area contributed by atoms with Crippen molar-refractivity contribution in [1.29, 1.82) is 0 Å². The molecule has 0 aliphatic heterocycles. The molecule has 0 bridgehead atoms. The number of rotatable bonds is 3. The molecule has 0 aliphatic carbocycles. The second-order valence-corrected chi connectivity index (χ2v) is 7.89. The zero-order chi connectivity index (χ0) is 13.5. The Balaban J connectivity index is 1.95. The molecule has 0 amide bonds. The fourth-order valence-corrected chi connectivity index (χ4v) is 4.42. The molecule has 0 aromatic carbocycles. The highest BCUT2D eigenvalue weighted by Crippen LogP contribution is 2.27. The molecule has 0 aliphatic rings. The van der Waals surface area contributed by atoms with Gasteiger partial charge in [-0.3, -0.25) is 4.72 Å². The van der Waals surface area contributed by atoms with Gasteiger partial charge in [0, 0.05) is 0 Å². The first-order chi connectivity index (χ1) is 9.04. The Labute approximate surface area is 120 Å². The van der Waals surface area contributed by atoms with Gasteiger partial charge in [-0.1, -0.05) is 0 Å². The number of hydrogen-bond donors (Lipinski definition) is 1. The average Bonchev–Trinajstić information content (AvgIpc) is 2.96. The SMILES string of the molecule is O=S(=O)(Nc1ccc2nncn2n1)c1ccc(Br)s1. The largest absolute Gasteiger partial charge is 0.272 e. The van der Waals surface area contributed by atoms with Gasteiger partial charge in [-0.05, 0) is 40.2 Å². The van der Waals surface area contributed by atoms with Crippen LogP contribution in [0.25, 0.3) is 5.65 Å². The third kappa shape index (κ3) is 2.46.